The number of rotatable bonds is 2. The van der Waals surface area contributed by atoms with E-state index in [0.717, 1.165) is 17.8 Å². The molecule has 2 saturated carbocycles. The number of aldehydes is 1. The molecule has 0 amide bonds. The topological polar surface area (TPSA) is 17.1 Å². The molecule has 2 rings (SSSR count). The van der Waals surface area contributed by atoms with Crippen LogP contribution in [0.5, 0.6) is 0 Å². The highest BCUT2D eigenvalue weighted by Crippen LogP contribution is 2.39. The summed E-state index contributed by atoms with van der Waals surface area (Å²) in [4.78, 5) is 10.7. The average Bonchev–Trinajstić information content (AvgIpc) is 2.54. The highest BCUT2D eigenvalue weighted by Gasteiger charge is 2.28. The van der Waals surface area contributed by atoms with Crippen molar-refractivity contribution in [3.63, 3.8) is 0 Å². The quantitative estimate of drug-likeness (QED) is 0.505. The fraction of sp³-hybridized carbons (Fsp3) is 0.933. The van der Waals surface area contributed by atoms with Crippen LogP contribution in [0.4, 0.5) is 0 Å². The predicted octanol–water partition coefficient (Wildman–Crippen LogP) is 4.21. The molecule has 0 spiro atoms. The largest absolute Gasteiger partial charge is 0.303 e. The molecule has 1 heteroatoms. The zero-order valence-corrected chi connectivity index (χ0v) is 10.7. The summed E-state index contributed by atoms with van der Waals surface area (Å²) in [6.45, 7) is 2.41. The molecule has 0 aromatic rings. The predicted molar refractivity (Wildman–Crippen MR) is 67.3 cm³/mol. The second-order valence-corrected chi connectivity index (χ2v) is 6.18. The molecule has 0 aliphatic heterocycles. The lowest BCUT2D eigenvalue weighted by Crippen LogP contribution is -2.22. The minimum Gasteiger partial charge on any atom is -0.303 e. The van der Waals surface area contributed by atoms with Gasteiger partial charge in [0.1, 0.15) is 6.29 Å². The van der Waals surface area contributed by atoms with Crippen molar-refractivity contribution in [1.82, 2.24) is 0 Å². The monoisotopic (exact) mass is 222 g/mol. The minimum absolute atomic E-state index is 0.390. The van der Waals surface area contributed by atoms with E-state index in [-0.39, 0.29) is 0 Å². The van der Waals surface area contributed by atoms with Crippen LogP contribution in [-0.2, 0) is 4.79 Å². The van der Waals surface area contributed by atoms with Crippen molar-refractivity contribution in [3.8, 4) is 0 Å². The van der Waals surface area contributed by atoms with Gasteiger partial charge in [-0.2, -0.15) is 0 Å². The van der Waals surface area contributed by atoms with E-state index in [4.69, 9.17) is 0 Å². The van der Waals surface area contributed by atoms with E-state index >= 15 is 0 Å². The van der Waals surface area contributed by atoms with Crippen LogP contribution in [0, 0.1) is 23.7 Å². The van der Waals surface area contributed by atoms with Crippen molar-refractivity contribution in [2.24, 2.45) is 23.7 Å². The van der Waals surface area contributed by atoms with E-state index in [1.807, 2.05) is 0 Å². The summed E-state index contributed by atoms with van der Waals surface area (Å²) in [5.74, 6) is 3.27. The Morgan fingerprint density at radius 1 is 0.812 bits per heavy atom. The lowest BCUT2D eigenvalue weighted by molar-refractivity contribution is -0.112. The molecule has 0 saturated heterocycles. The van der Waals surface area contributed by atoms with Crippen LogP contribution in [0.1, 0.15) is 64.7 Å². The summed E-state index contributed by atoms with van der Waals surface area (Å²) >= 11 is 0. The Hall–Kier alpha value is -0.330. The van der Waals surface area contributed by atoms with E-state index < -0.39 is 0 Å². The molecule has 0 radical (unpaired) electrons. The number of hydrogen-bond acceptors (Lipinski definition) is 1. The first-order chi connectivity index (χ1) is 7.79. The summed E-state index contributed by atoms with van der Waals surface area (Å²) < 4.78 is 0. The lowest BCUT2D eigenvalue weighted by Gasteiger charge is -2.31. The normalized spacial score (nSPS) is 41.3. The van der Waals surface area contributed by atoms with Gasteiger partial charge in [-0.25, -0.2) is 0 Å². The van der Waals surface area contributed by atoms with Crippen molar-refractivity contribution >= 4 is 6.29 Å². The van der Waals surface area contributed by atoms with E-state index in [2.05, 4.69) is 6.92 Å². The first-order valence-electron chi connectivity index (χ1n) is 7.25. The second kappa shape index (κ2) is 5.84. The maximum atomic E-state index is 10.7. The lowest BCUT2D eigenvalue weighted by atomic mass is 9.74. The Balaban J connectivity index is 1.81. The molecule has 16 heavy (non-hydrogen) atoms. The molecule has 2 fully saturated rings. The molecule has 0 N–H and O–H groups in total. The standard InChI is InChI=1S/C15H26O/c1-12-3-2-4-14(8-5-12)15-9-6-13(11-16)7-10-15/h11-15H,2-10H2,1H3. The number of carbonyl (C=O) groups excluding carboxylic acids is 1. The summed E-state index contributed by atoms with van der Waals surface area (Å²) in [6.07, 6.45) is 13.4. The van der Waals surface area contributed by atoms with E-state index in [9.17, 15) is 4.79 Å². The van der Waals surface area contributed by atoms with Gasteiger partial charge in [-0.3, -0.25) is 0 Å². The molecule has 92 valence electrons. The molecule has 0 bridgehead atoms. The van der Waals surface area contributed by atoms with Crippen molar-refractivity contribution in [1.29, 1.82) is 0 Å². The van der Waals surface area contributed by atoms with Gasteiger partial charge in [0.05, 0.1) is 0 Å². The van der Waals surface area contributed by atoms with Crippen molar-refractivity contribution in [2.45, 2.75) is 64.7 Å². The van der Waals surface area contributed by atoms with Crippen molar-refractivity contribution < 1.29 is 4.79 Å². The Labute approximate surface area is 100.0 Å². The van der Waals surface area contributed by atoms with Crippen LogP contribution in [0.25, 0.3) is 0 Å². The van der Waals surface area contributed by atoms with Crippen LogP contribution in [-0.4, -0.2) is 6.29 Å². The van der Waals surface area contributed by atoms with Gasteiger partial charge in [0.25, 0.3) is 0 Å². The van der Waals surface area contributed by atoms with Crippen LogP contribution in [0.3, 0.4) is 0 Å². The molecule has 2 atom stereocenters. The molecule has 1 nitrogen and oxygen atoms in total. The third-order valence-corrected chi connectivity index (χ3v) is 4.98. The summed E-state index contributed by atoms with van der Waals surface area (Å²) in [7, 11) is 0. The maximum absolute atomic E-state index is 10.7. The molecule has 0 heterocycles. The Kier molecular flexibility index (Phi) is 4.43. The summed E-state index contributed by atoms with van der Waals surface area (Å²) in [5, 5.41) is 0. The third-order valence-electron chi connectivity index (χ3n) is 4.98. The zero-order valence-electron chi connectivity index (χ0n) is 10.7. The van der Waals surface area contributed by atoms with Gasteiger partial charge in [0, 0.05) is 5.92 Å². The Morgan fingerprint density at radius 2 is 1.44 bits per heavy atom. The smallest absolute Gasteiger partial charge is 0.123 e. The average molecular weight is 222 g/mol. The van der Waals surface area contributed by atoms with E-state index in [0.29, 0.717) is 5.92 Å². The summed E-state index contributed by atoms with van der Waals surface area (Å²) in [6, 6.07) is 0. The maximum Gasteiger partial charge on any atom is 0.123 e. The molecular formula is C15H26O. The third kappa shape index (κ3) is 3.09. The molecule has 0 aromatic carbocycles. The van der Waals surface area contributed by atoms with E-state index in [1.54, 1.807) is 0 Å². The van der Waals surface area contributed by atoms with Gasteiger partial charge in [0.15, 0.2) is 0 Å². The fourth-order valence-electron chi connectivity index (χ4n) is 3.74. The number of hydrogen-bond donors (Lipinski definition) is 0. The van der Waals surface area contributed by atoms with Crippen LogP contribution >= 0.6 is 0 Å². The highest BCUT2D eigenvalue weighted by atomic mass is 16.1. The van der Waals surface area contributed by atoms with Gasteiger partial charge in [-0.15, -0.1) is 0 Å². The SMILES string of the molecule is CC1CCCC(C2CCC(C=O)CC2)CC1. The van der Waals surface area contributed by atoms with Gasteiger partial charge in [-0.1, -0.05) is 32.6 Å². The second-order valence-electron chi connectivity index (χ2n) is 6.18. The van der Waals surface area contributed by atoms with Gasteiger partial charge in [0.2, 0.25) is 0 Å². The molecule has 2 unspecified atom stereocenters. The van der Waals surface area contributed by atoms with Gasteiger partial charge >= 0.3 is 0 Å². The zero-order chi connectivity index (χ0) is 11.4. The van der Waals surface area contributed by atoms with Crippen molar-refractivity contribution in [2.75, 3.05) is 0 Å². The minimum atomic E-state index is 0.390. The highest BCUT2D eigenvalue weighted by molar-refractivity contribution is 5.53. The fourth-order valence-corrected chi connectivity index (χ4v) is 3.74. The molecule has 2 aliphatic rings. The van der Waals surface area contributed by atoms with Crippen LogP contribution < -0.4 is 0 Å². The molecule has 0 aromatic heterocycles. The molecule has 2 aliphatic carbocycles. The number of carbonyl (C=O) groups is 1. The van der Waals surface area contributed by atoms with Gasteiger partial charge < -0.3 is 4.79 Å². The van der Waals surface area contributed by atoms with Crippen LogP contribution in [0.2, 0.25) is 0 Å². The first kappa shape index (κ1) is 12.1. The molecular weight excluding hydrogens is 196 g/mol. The summed E-state index contributed by atoms with van der Waals surface area (Å²) in [5.41, 5.74) is 0. The van der Waals surface area contributed by atoms with Crippen LogP contribution in [0.15, 0.2) is 0 Å². The van der Waals surface area contributed by atoms with Crippen molar-refractivity contribution in [3.05, 3.63) is 0 Å². The Bertz CT molecular complexity index is 215. The van der Waals surface area contributed by atoms with Gasteiger partial charge in [-0.05, 0) is 49.9 Å². The van der Waals surface area contributed by atoms with E-state index in [1.165, 1.54) is 64.1 Å². The Morgan fingerprint density at radius 3 is 2.12 bits per heavy atom. The first-order valence-corrected chi connectivity index (χ1v) is 7.25.